The molecular formula is C25H23FN2O5S. The van der Waals surface area contributed by atoms with Gasteiger partial charge >= 0.3 is 0 Å². The van der Waals surface area contributed by atoms with E-state index < -0.39 is 28.4 Å². The third-order valence-electron chi connectivity index (χ3n) is 5.67. The van der Waals surface area contributed by atoms with Gasteiger partial charge in [-0.2, -0.15) is 0 Å². The van der Waals surface area contributed by atoms with Gasteiger partial charge in [0.05, 0.1) is 16.1 Å². The van der Waals surface area contributed by atoms with E-state index in [2.05, 4.69) is 5.32 Å². The molecule has 0 saturated heterocycles. The van der Waals surface area contributed by atoms with E-state index >= 15 is 0 Å². The van der Waals surface area contributed by atoms with Crippen LogP contribution < -0.4 is 14.4 Å². The van der Waals surface area contributed by atoms with Gasteiger partial charge in [-0.3, -0.25) is 13.9 Å². The molecule has 1 amide bonds. The van der Waals surface area contributed by atoms with Crippen LogP contribution in [0, 0.1) is 5.82 Å². The lowest BCUT2D eigenvalue weighted by molar-refractivity contribution is -0.118. The number of ketones is 1. The van der Waals surface area contributed by atoms with Gasteiger partial charge in [0.15, 0.2) is 12.4 Å². The summed E-state index contributed by atoms with van der Waals surface area (Å²) in [5.74, 6) is -1.34. The standard InChI is InChI=1S/C25H23FN2O5S/c1-16-13-21(29)25-22(12-11-20(26)24(16)25)33-15-23(30)27-17-7-6-10-19(14-17)34(31,32)28(2)18-8-4-3-5-9-18/h3-12,14,16H,13,15H2,1-2H3,(H,27,30)/t16-/m0/s1. The van der Waals surface area contributed by atoms with Crippen LogP contribution in [0.5, 0.6) is 5.75 Å². The van der Waals surface area contributed by atoms with Crippen molar-refractivity contribution in [2.45, 2.75) is 24.2 Å². The monoisotopic (exact) mass is 482 g/mol. The number of halogens is 1. The molecule has 176 valence electrons. The lowest BCUT2D eigenvalue weighted by atomic mass is 10.0. The van der Waals surface area contributed by atoms with Crippen molar-refractivity contribution in [2.24, 2.45) is 0 Å². The van der Waals surface area contributed by atoms with Crippen molar-refractivity contribution in [3.05, 3.63) is 83.7 Å². The highest BCUT2D eigenvalue weighted by molar-refractivity contribution is 7.92. The second-order valence-electron chi connectivity index (χ2n) is 8.04. The molecule has 0 unspecified atom stereocenters. The average molecular weight is 483 g/mol. The van der Waals surface area contributed by atoms with Crippen molar-refractivity contribution < 1.29 is 27.1 Å². The molecule has 9 heteroatoms. The highest BCUT2D eigenvalue weighted by Crippen LogP contribution is 2.39. The molecule has 0 spiro atoms. The predicted molar refractivity (Wildman–Crippen MR) is 126 cm³/mol. The van der Waals surface area contributed by atoms with Gasteiger partial charge < -0.3 is 10.1 Å². The van der Waals surface area contributed by atoms with Gasteiger partial charge in [0.25, 0.3) is 15.9 Å². The van der Waals surface area contributed by atoms with Crippen molar-refractivity contribution in [2.75, 3.05) is 23.3 Å². The Kier molecular flexibility index (Phi) is 6.39. The second-order valence-corrected chi connectivity index (χ2v) is 10.0. The van der Waals surface area contributed by atoms with Crippen LogP contribution in [0.25, 0.3) is 0 Å². The van der Waals surface area contributed by atoms with E-state index in [1.165, 1.54) is 37.4 Å². The first-order valence-electron chi connectivity index (χ1n) is 10.6. The predicted octanol–water partition coefficient (Wildman–Crippen LogP) is 4.36. The molecule has 0 fully saturated rings. The van der Waals surface area contributed by atoms with E-state index in [0.717, 1.165) is 4.31 Å². The first-order chi connectivity index (χ1) is 16.2. The Morgan fingerprint density at radius 3 is 2.59 bits per heavy atom. The summed E-state index contributed by atoms with van der Waals surface area (Å²) >= 11 is 0. The Hall–Kier alpha value is -3.72. The number of nitrogens with zero attached hydrogens (tertiary/aromatic N) is 1. The number of benzene rings is 3. The minimum absolute atomic E-state index is 0.00788. The number of ether oxygens (including phenoxy) is 1. The molecule has 1 atom stereocenters. The maximum atomic E-state index is 14.1. The number of hydrogen-bond donors (Lipinski definition) is 1. The number of anilines is 2. The number of carbonyl (C=O) groups excluding carboxylic acids is 2. The largest absolute Gasteiger partial charge is 0.483 e. The van der Waals surface area contributed by atoms with Gasteiger partial charge in [0.2, 0.25) is 0 Å². The minimum atomic E-state index is -3.85. The number of para-hydroxylation sites is 1. The molecule has 0 heterocycles. The number of sulfonamides is 1. The molecule has 1 N–H and O–H groups in total. The molecule has 3 aromatic rings. The summed E-state index contributed by atoms with van der Waals surface area (Å²) < 4.78 is 46.8. The first-order valence-corrected chi connectivity index (χ1v) is 12.0. The van der Waals surface area contributed by atoms with Gasteiger partial charge in [0, 0.05) is 24.7 Å². The average Bonchev–Trinajstić information content (AvgIpc) is 3.13. The quantitative estimate of drug-likeness (QED) is 0.540. The molecule has 1 aliphatic carbocycles. The van der Waals surface area contributed by atoms with Crippen molar-refractivity contribution in [3.63, 3.8) is 0 Å². The van der Waals surface area contributed by atoms with Crippen LogP contribution in [0.1, 0.15) is 35.2 Å². The number of rotatable bonds is 7. The normalized spacial score (nSPS) is 15.0. The number of Topliss-reactive ketones (excluding diaryl/α,β-unsaturated/α-hetero) is 1. The van der Waals surface area contributed by atoms with Gasteiger partial charge in [-0.1, -0.05) is 31.2 Å². The molecule has 0 aliphatic heterocycles. The molecule has 3 aromatic carbocycles. The summed E-state index contributed by atoms with van der Waals surface area (Å²) in [6.45, 7) is 1.33. The minimum Gasteiger partial charge on any atom is -0.483 e. The van der Waals surface area contributed by atoms with Crippen molar-refractivity contribution >= 4 is 33.1 Å². The Morgan fingerprint density at radius 2 is 1.85 bits per heavy atom. The van der Waals surface area contributed by atoms with Crippen molar-refractivity contribution in [1.82, 2.24) is 0 Å². The van der Waals surface area contributed by atoms with E-state index in [4.69, 9.17) is 4.74 Å². The molecule has 34 heavy (non-hydrogen) atoms. The van der Waals surface area contributed by atoms with Gasteiger partial charge in [-0.15, -0.1) is 0 Å². The Morgan fingerprint density at radius 1 is 1.12 bits per heavy atom. The SMILES string of the molecule is C[C@H]1CC(=O)c2c(OCC(=O)Nc3cccc(S(=O)(=O)N(C)c4ccccc4)c3)ccc(F)c21. The molecule has 0 radical (unpaired) electrons. The second kappa shape index (κ2) is 9.26. The molecule has 0 saturated carbocycles. The van der Waals surface area contributed by atoms with Crippen LogP contribution in [-0.4, -0.2) is 33.8 Å². The van der Waals surface area contributed by atoms with Crippen LogP contribution in [0.3, 0.4) is 0 Å². The number of fused-ring (bicyclic) bond motifs is 1. The fraction of sp³-hybridized carbons (Fsp3) is 0.200. The summed E-state index contributed by atoms with van der Waals surface area (Å²) in [6.07, 6.45) is 0.192. The lowest BCUT2D eigenvalue weighted by Crippen LogP contribution is -2.26. The van der Waals surface area contributed by atoms with Gasteiger partial charge in [-0.25, -0.2) is 12.8 Å². The van der Waals surface area contributed by atoms with E-state index in [1.807, 2.05) is 0 Å². The zero-order valence-electron chi connectivity index (χ0n) is 18.6. The summed E-state index contributed by atoms with van der Waals surface area (Å²) in [7, 11) is -2.40. The number of nitrogens with one attached hydrogen (secondary N) is 1. The van der Waals surface area contributed by atoms with E-state index in [9.17, 15) is 22.4 Å². The highest BCUT2D eigenvalue weighted by atomic mass is 32.2. The van der Waals surface area contributed by atoms with E-state index in [0.29, 0.717) is 11.3 Å². The number of carbonyl (C=O) groups is 2. The fourth-order valence-electron chi connectivity index (χ4n) is 3.96. The number of hydrogen-bond acceptors (Lipinski definition) is 5. The third kappa shape index (κ3) is 4.51. The summed E-state index contributed by atoms with van der Waals surface area (Å²) in [4.78, 5) is 24.7. The highest BCUT2D eigenvalue weighted by Gasteiger charge is 2.32. The zero-order valence-corrected chi connectivity index (χ0v) is 19.4. The maximum absolute atomic E-state index is 14.1. The van der Waals surface area contributed by atoms with E-state index in [1.54, 1.807) is 43.3 Å². The van der Waals surface area contributed by atoms with Gasteiger partial charge in [0.1, 0.15) is 11.6 Å². The Bertz CT molecular complexity index is 1360. The molecule has 7 nitrogen and oxygen atoms in total. The molecule has 0 aromatic heterocycles. The summed E-state index contributed by atoms with van der Waals surface area (Å²) in [5, 5.41) is 2.60. The molecule has 1 aliphatic rings. The number of amides is 1. The zero-order chi connectivity index (χ0) is 24.5. The van der Waals surface area contributed by atoms with Crippen LogP contribution in [0.2, 0.25) is 0 Å². The van der Waals surface area contributed by atoms with Crippen LogP contribution >= 0.6 is 0 Å². The summed E-state index contributed by atoms with van der Waals surface area (Å²) in [5.41, 5.74) is 1.26. The molecular weight excluding hydrogens is 459 g/mol. The van der Waals surface area contributed by atoms with Crippen molar-refractivity contribution in [1.29, 1.82) is 0 Å². The fourth-order valence-corrected chi connectivity index (χ4v) is 5.20. The van der Waals surface area contributed by atoms with E-state index in [-0.39, 0.29) is 40.0 Å². The Balaban J connectivity index is 1.46. The molecule has 0 bridgehead atoms. The van der Waals surface area contributed by atoms with Crippen LogP contribution in [0.15, 0.2) is 71.6 Å². The maximum Gasteiger partial charge on any atom is 0.264 e. The van der Waals surface area contributed by atoms with Gasteiger partial charge in [-0.05, 0) is 48.4 Å². The van der Waals surface area contributed by atoms with Crippen LogP contribution in [0.4, 0.5) is 15.8 Å². The first kappa shape index (κ1) is 23.4. The Labute approximate surface area is 197 Å². The summed E-state index contributed by atoms with van der Waals surface area (Å²) in [6, 6.07) is 17.1. The smallest absolute Gasteiger partial charge is 0.264 e. The van der Waals surface area contributed by atoms with Crippen molar-refractivity contribution in [3.8, 4) is 5.75 Å². The topological polar surface area (TPSA) is 92.8 Å². The van der Waals surface area contributed by atoms with Crippen LogP contribution in [-0.2, 0) is 14.8 Å². The third-order valence-corrected chi connectivity index (χ3v) is 7.45. The molecule has 4 rings (SSSR count). The lowest BCUT2D eigenvalue weighted by Gasteiger charge is -2.20.